The molecule has 0 aliphatic carbocycles. The Morgan fingerprint density at radius 1 is 0.923 bits per heavy atom. The van der Waals surface area contributed by atoms with Crippen molar-refractivity contribution in [2.75, 3.05) is 29.5 Å². The predicted molar refractivity (Wildman–Crippen MR) is 147 cm³/mol. The zero-order chi connectivity index (χ0) is 30.0. The predicted octanol–water partition coefficient (Wildman–Crippen LogP) is 2.78. The summed E-state index contributed by atoms with van der Waals surface area (Å²) >= 11 is 0. The second-order valence-corrected chi connectivity index (χ2v) is 13.0. The molecule has 0 aliphatic rings. The summed E-state index contributed by atoms with van der Waals surface area (Å²) in [5.41, 5.74) is 0.944. The fourth-order valence-electron chi connectivity index (χ4n) is 3.32. The van der Waals surface area contributed by atoms with Crippen LogP contribution in [0.25, 0.3) is 0 Å². The van der Waals surface area contributed by atoms with Gasteiger partial charge in [-0.15, -0.1) is 0 Å². The van der Waals surface area contributed by atoms with E-state index in [-0.39, 0.29) is 42.7 Å². The van der Waals surface area contributed by atoms with Crippen molar-refractivity contribution in [3.63, 3.8) is 0 Å². The number of hydrogen-bond donors (Lipinski definition) is 4. The van der Waals surface area contributed by atoms with Gasteiger partial charge in [0.25, 0.3) is 30.4 Å². The van der Waals surface area contributed by atoms with E-state index in [2.05, 4.69) is 4.99 Å². The first-order valence-electron chi connectivity index (χ1n) is 11.4. The summed E-state index contributed by atoms with van der Waals surface area (Å²) in [6.45, 7) is 4.91. The third kappa shape index (κ3) is 13.1. The quantitative estimate of drug-likeness (QED) is 0.0978. The molecule has 0 aliphatic heterocycles. The molecule has 0 heterocycles. The Kier molecular flexibility index (Phi) is 12.7. The molecular weight excluding hydrogens is 576 g/mol. The van der Waals surface area contributed by atoms with Crippen molar-refractivity contribution >= 4 is 47.7 Å². The van der Waals surface area contributed by atoms with E-state index in [0.717, 1.165) is 12.1 Å². The monoisotopic (exact) mass is 608 g/mol. The molecule has 0 bridgehead atoms. The van der Waals surface area contributed by atoms with Gasteiger partial charge in [-0.1, -0.05) is 18.2 Å². The van der Waals surface area contributed by atoms with Gasteiger partial charge in [0, 0.05) is 30.2 Å². The molecule has 0 amide bonds. The summed E-state index contributed by atoms with van der Waals surface area (Å²) in [5, 5.41) is 9.54. The summed E-state index contributed by atoms with van der Waals surface area (Å²) in [6.07, 6.45) is 8.19. The van der Waals surface area contributed by atoms with Gasteiger partial charge in [-0.05, 0) is 63.5 Å². The zero-order valence-electron chi connectivity index (χ0n) is 21.5. The lowest BCUT2D eigenvalue weighted by molar-refractivity contribution is 0.0695. The van der Waals surface area contributed by atoms with Gasteiger partial charge < -0.3 is 10.0 Å². The van der Waals surface area contributed by atoms with Crippen LogP contribution in [0.15, 0.2) is 58.1 Å². The normalized spacial score (nSPS) is 13.9. The first kappa shape index (κ1) is 34.1. The number of rotatable bonds is 15. The smallest absolute Gasteiger partial charge is 0.336 e. The number of nitrogens with zero attached hydrogens (tertiary/aromatic N) is 2. The largest absolute Gasteiger partial charge is 0.478 e. The summed E-state index contributed by atoms with van der Waals surface area (Å²) in [4.78, 5) is 16.7. The molecule has 0 saturated carbocycles. The molecule has 39 heavy (non-hydrogen) atoms. The Balaban J connectivity index is 3.29. The van der Waals surface area contributed by atoms with Gasteiger partial charge in [0.2, 0.25) is 0 Å². The van der Waals surface area contributed by atoms with E-state index >= 15 is 0 Å². The number of anilines is 1. The molecule has 1 aromatic rings. The van der Waals surface area contributed by atoms with Crippen LogP contribution < -0.4 is 4.90 Å². The summed E-state index contributed by atoms with van der Waals surface area (Å²) < 4.78 is 94.8. The molecule has 0 saturated heterocycles. The molecule has 0 spiro atoms. The van der Waals surface area contributed by atoms with Crippen molar-refractivity contribution in [3.05, 3.63) is 59.3 Å². The van der Waals surface area contributed by atoms with Gasteiger partial charge in [0.1, 0.15) is 0 Å². The first-order valence-corrected chi connectivity index (χ1v) is 16.0. The molecule has 13 nitrogen and oxygen atoms in total. The van der Waals surface area contributed by atoms with E-state index in [0.29, 0.717) is 11.4 Å². The highest BCUT2D eigenvalue weighted by Gasteiger charge is 2.22. The minimum atomic E-state index is -4.77. The van der Waals surface area contributed by atoms with Crippen LogP contribution in [0.3, 0.4) is 0 Å². The molecule has 0 radical (unpaired) electrons. The highest BCUT2D eigenvalue weighted by atomic mass is 32.2. The van der Waals surface area contributed by atoms with Crippen LogP contribution in [0.5, 0.6) is 0 Å². The fraction of sp³-hybridized carbons (Fsp3) is 0.391. The lowest BCUT2D eigenvalue weighted by atomic mass is 10.0. The second kappa shape index (κ2) is 14.5. The SMILES string of the molecule is CC(/C=C/C=C/C=C(\C)N(CCCS(=O)(=O)O)c1cc(S(=O)(=O)O)cc(C(=O)O)c1C)=NCCCS(=O)(=O)O. The minimum Gasteiger partial charge on any atom is -0.478 e. The fourth-order valence-corrected chi connectivity index (χ4v) is 4.83. The van der Waals surface area contributed by atoms with Crippen molar-refractivity contribution < 1.29 is 48.8 Å². The first-order chi connectivity index (χ1) is 17.8. The molecule has 218 valence electrons. The Bertz CT molecular complexity index is 1490. The number of carbonyl (C=O) groups is 1. The third-order valence-corrected chi connectivity index (χ3v) is 7.64. The average molecular weight is 609 g/mol. The molecule has 1 rings (SSSR count). The van der Waals surface area contributed by atoms with Crippen LogP contribution in [0.4, 0.5) is 5.69 Å². The Hall–Kier alpha value is -2.89. The summed E-state index contributed by atoms with van der Waals surface area (Å²) in [6, 6.07) is 1.90. The van der Waals surface area contributed by atoms with E-state index in [4.69, 9.17) is 9.11 Å². The molecular formula is C23H32N2O11S3. The van der Waals surface area contributed by atoms with Crippen LogP contribution in [0.2, 0.25) is 0 Å². The van der Waals surface area contributed by atoms with Crippen LogP contribution in [0.1, 0.15) is 42.6 Å². The topological polar surface area (TPSA) is 216 Å². The lowest BCUT2D eigenvalue weighted by Crippen LogP contribution is -2.26. The molecule has 0 unspecified atom stereocenters. The van der Waals surface area contributed by atoms with Gasteiger partial charge >= 0.3 is 5.97 Å². The van der Waals surface area contributed by atoms with Gasteiger partial charge in [-0.3, -0.25) is 18.7 Å². The van der Waals surface area contributed by atoms with Gasteiger partial charge in [-0.2, -0.15) is 25.3 Å². The van der Waals surface area contributed by atoms with E-state index in [1.165, 1.54) is 11.8 Å². The van der Waals surface area contributed by atoms with E-state index in [1.54, 1.807) is 44.2 Å². The van der Waals surface area contributed by atoms with Crippen molar-refractivity contribution in [1.29, 1.82) is 0 Å². The molecule has 16 heteroatoms. The van der Waals surface area contributed by atoms with Crippen molar-refractivity contribution in [1.82, 2.24) is 0 Å². The highest BCUT2D eigenvalue weighted by molar-refractivity contribution is 7.86. The van der Waals surface area contributed by atoms with E-state index in [1.807, 2.05) is 0 Å². The highest BCUT2D eigenvalue weighted by Crippen LogP contribution is 2.30. The summed E-state index contributed by atoms with van der Waals surface area (Å²) in [7, 11) is -13.1. The molecule has 0 aromatic heterocycles. The zero-order valence-corrected chi connectivity index (χ0v) is 24.0. The van der Waals surface area contributed by atoms with Crippen LogP contribution in [0, 0.1) is 6.92 Å². The van der Waals surface area contributed by atoms with Gasteiger partial charge in [-0.25, -0.2) is 4.79 Å². The maximum Gasteiger partial charge on any atom is 0.336 e. The maximum atomic E-state index is 11.8. The van der Waals surface area contributed by atoms with Gasteiger partial charge in [0.15, 0.2) is 0 Å². The second-order valence-electron chi connectivity index (χ2n) is 8.40. The number of carboxylic acids is 1. The lowest BCUT2D eigenvalue weighted by Gasteiger charge is -2.28. The van der Waals surface area contributed by atoms with Crippen LogP contribution >= 0.6 is 0 Å². The number of carboxylic acid groups (broad SMARTS) is 1. The molecule has 1 aromatic carbocycles. The number of aliphatic imine (C=N–C) groups is 1. The number of allylic oxidation sites excluding steroid dienone is 6. The van der Waals surface area contributed by atoms with Gasteiger partial charge in [0.05, 0.1) is 22.0 Å². The average Bonchev–Trinajstić information content (AvgIpc) is 2.77. The maximum absolute atomic E-state index is 11.8. The van der Waals surface area contributed by atoms with Crippen molar-refractivity contribution in [2.24, 2.45) is 4.99 Å². The number of benzene rings is 1. The number of hydrogen-bond acceptors (Lipinski definition) is 9. The minimum absolute atomic E-state index is 0.0457. The van der Waals surface area contributed by atoms with E-state index < -0.39 is 52.7 Å². The van der Waals surface area contributed by atoms with Crippen LogP contribution in [-0.2, 0) is 30.4 Å². The Labute approximate surface area is 228 Å². The number of aromatic carboxylic acids is 1. The molecule has 0 atom stereocenters. The van der Waals surface area contributed by atoms with Crippen molar-refractivity contribution in [3.8, 4) is 0 Å². The molecule has 4 N–H and O–H groups in total. The molecule has 0 fully saturated rings. The third-order valence-electron chi connectivity index (χ3n) is 5.20. The standard InChI is InChI=1S/C23H32N2O11S3/c1-17(24-11-7-13-37(28,29)30)9-5-4-6-10-18(2)25(12-8-14-38(31,32)33)22-16-20(39(34,35)36)15-21(19(22)3)23(26)27/h4-6,9-10,15-16H,7-8,11-14H2,1-3H3,(H,26,27)(H,28,29,30)(H,31,32,33)(H,34,35,36)/b6-4+,9-5+,18-10+,24-17?. The summed E-state index contributed by atoms with van der Waals surface area (Å²) in [5.74, 6) is -2.42. The Morgan fingerprint density at radius 2 is 1.51 bits per heavy atom. The Morgan fingerprint density at radius 3 is 2.05 bits per heavy atom. The van der Waals surface area contributed by atoms with Crippen LogP contribution in [-0.4, -0.2) is 80.3 Å². The van der Waals surface area contributed by atoms with E-state index in [9.17, 15) is 39.7 Å². The van der Waals surface area contributed by atoms with Crippen molar-refractivity contribution in [2.45, 2.75) is 38.5 Å².